The molecule has 10 nitrogen and oxygen atoms in total. The summed E-state index contributed by atoms with van der Waals surface area (Å²) in [6.45, 7) is 0. The molecule has 0 bridgehead atoms. The van der Waals surface area contributed by atoms with Crippen LogP contribution in [0.4, 0.5) is 0 Å². The molecule has 1 heterocycles. The Bertz CT molecular complexity index is 502. The number of carbonyl (C=O) groups is 4. The van der Waals surface area contributed by atoms with Crippen LogP contribution in [0, 0.1) is 11.8 Å². The summed E-state index contributed by atoms with van der Waals surface area (Å²) in [6.07, 6.45) is -0.769. The largest absolute Gasteiger partial charge is 0.481 e. The second kappa shape index (κ2) is 6.50. The van der Waals surface area contributed by atoms with Crippen LogP contribution in [0.1, 0.15) is 11.4 Å². The highest BCUT2D eigenvalue weighted by Crippen LogP contribution is 2.12. The van der Waals surface area contributed by atoms with Gasteiger partial charge in [0.15, 0.2) is 11.8 Å². The normalized spacial score (nSPS) is 10.8. The van der Waals surface area contributed by atoms with Gasteiger partial charge in [-0.15, -0.1) is 0 Å². The van der Waals surface area contributed by atoms with Gasteiger partial charge < -0.3 is 20.4 Å². The van der Waals surface area contributed by atoms with Crippen molar-refractivity contribution in [2.75, 3.05) is 0 Å². The molecular weight excluding hydrogens is 288 g/mol. The maximum atomic E-state index is 10.7. The summed E-state index contributed by atoms with van der Waals surface area (Å²) in [5.74, 6) is -9.45. The first-order valence-corrected chi connectivity index (χ1v) is 5.66. The molecule has 0 atom stereocenters. The number of aliphatic carboxylic acids is 4. The van der Waals surface area contributed by atoms with Crippen molar-refractivity contribution in [3.63, 3.8) is 0 Å². The Kier molecular flexibility index (Phi) is 5.00. The number of H-pyrrole nitrogens is 1. The Balaban J connectivity index is 2.81. The van der Waals surface area contributed by atoms with Gasteiger partial charge in [-0.1, -0.05) is 0 Å². The van der Waals surface area contributed by atoms with Crippen molar-refractivity contribution in [2.45, 2.75) is 12.8 Å². The highest BCUT2D eigenvalue weighted by Gasteiger charge is 2.29. The Labute approximate surface area is 117 Å². The second-order valence-electron chi connectivity index (χ2n) is 4.25. The predicted molar refractivity (Wildman–Crippen MR) is 63.5 cm³/mol. The summed E-state index contributed by atoms with van der Waals surface area (Å²) in [5, 5.41) is 40.9. The lowest BCUT2D eigenvalue weighted by Crippen LogP contribution is -2.26. The summed E-state index contributed by atoms with van der Waals surface area (Å²) >= 11 is 0. The molecule has 0 saturated carbocycles. The van der Waals surface area contributed by atoms with Crippen molar-refractivity contribution < 1.29 is 39.6 Å². The van der Waals surface area contributed by atoms with Crippen molar-refractivity contribution in [1.29, 1.82) is 0 Å². The number of hydrogen-bond donors (Lipinski definition) is 5. The maximum Gasteiger partial charge on any atom is 0.318 e. The van der Waals surface area contributed by atoms with E-state index in [1.54, 1.807) is 0 Å². The van der Waals surface area contributed by atoms with E-state index in [0.717, 1.165) is 0 Å². The molecule has 21 heavy (non-hydrogen) atoms. The SMILES string of the molecule is O=C(O)C(Cc1cc(CC(C(=O)O)C(=O)O)[nH]n1)C(=O)O. The third-order valence-corrected chi connectivity index (χ3v) is 2.71. The topological polar surface area (TPSA) is 178 Å². The Morgan fingerprint density at radius 3 is 1.76 bits per heavy atom. The fraction of sp³-hybridized carbons (Fsp3) is 0.364. The summed E-state index contributed by atoms with van der Waals surface area (Å²) in [7, 11) is 0. The van der Waals surface area contributed by atoms with E-state index >= 15 is 0 Å². The van der Waals surface area contributed by atoms with Crippen LogP contribution in [0.25, 0.3) is 0 Å². The molecule has 0 amide bonds. The van der Waals surface area contributed by atoms with Crippen molar-refractivity contribution in [2.24, 2.45) is 11.8 Å². The van der Waals surface area contributed by atoms with Crippen molar-refractivity contribution in [3.8, 4) is 0 Å². The molecule has 0 fully saturated rings. The zero-order valence-corrected chi connectivity index (χ0v) is 10.5. The first kappa shape index (κ1) is 16.1. The first-order valence-electron chi connectivity index (χ1n) is 5.66. The van der Waals surface area contributed by atoms with Crippen LogP contribution in [0.3, 0.4) is 0 Å². The summed E-state index contributed by atoms with van der Waals surface area (Å²) in [4.78, 5) is 42.9. The maximum absolute atomic E-state index is 10.7. The van der Waals surface area contributed by atoms with E-state index in [9.17, 15) is 19.2 Å². The van der Waals surface area contributed by atoms with Crippen LogP contribution in [0.2, 0.25) is 0 Å². The molecule has 114 valence electrons. The molecule has 0 saturated heterocycles. The molecule has 0 unspecified atom stereocenters. The van der Waals surface area contributed by atoms with E-state index in [-0.39, 0.29) is 17.8 Å². The van der Waals surface area contributed by atoms with Crippen molar-refractivity contribution in [3.05, 3.63) is 17.5 Å². The predicted octanol–water partition coefficient (Wildman–Crippen LogP) is -0.934. The summed E-state index contributed by atoms with van der Waals surface area (Å²) < 4.78 is 0. The van der Waals surface area contributed by atoms with Crippen LogP contribution < -0.4 is 0 Å². The fourth-order valence-corrected chi connectivity index (χ4v) is 1.61. The molecule has 0 radical (unpaired) electrons. The lowest BCUT2D eigenvalue weighted by atomic mass is 10.0. The Hall–Kier alpha value is -2.91. The Morgan fingerprint density at radius 1 is 0.905 bits per heavy atom. The van der Waals surface area contributed by atoms with Gasteiger partial charge in [0.2, 0.25) is 0 Å². The summed E-state index contributed by atoms with van der Waals surface area (Å²) in [6, 6.07) is 1.25. The molecule has 5 N–H and O–H groups in total. The zero-order valence-electron chi connectivity index (χ0n) is 10.5. The number of aromatic nitrogens is 2. The van der Waals surface area contributed by atoms with Crippen LogP contribution in [-0.4, -0.2) is 54.5 Å². The lowest BCUT2D eigenvalue weighted by Gasteiger charge is -2.04. The number of rotatable bonds is 8. The van der Waals surface area contributed by atoms with Gasteiger partial charge in [-0.2, -0.15) is 5.10 Å². The minimum absolute atomic E-state index is 0.0920. The molecule has 0 spiro atoms. The zero-order chi connectivity index (χ0) is 16.2. The lowest BCUT2D eigenvalue weighted by molar-refractivity contribution is -0.156. The smallest absolute Gasteiger partial charge is 0.318 e. The van der Waals surface area contributed by atoms with E-state index in [1.165, 1.54) is 6.07 Å². The molecule has 1 rings (SSSR count). The minimum Gasteiger partial charge on any atom is -0.481 e. The molecule has 0 aliphatic heterocycles. The highest BCUT2D eigenvalue weighted by atomic mass is 16.4. The van der Waals surface area contributed by atoms with Gasteiger partial charge in [0.1, 0.15) is 0 Å². The van der Waals surface area contributed by atoms with Crippen LogP contribution in [0.15, 0.2) is 6.07 Å². The number of nitrogens with zero attached hydrogens (tertiary/aromatic N) is 1. The molecule has 1 aromatic heterocycles. The number of carboxylic acids is 4. The molecule has 1 aromatic rings. The molecule has 10 heteroatoms. The fourth-order valence-electron chi connectivity index (χ4n) is 1.61. The van der Waals surface area contributed by atoms with Gasteiger partial charge in [0, 0.05) is 18.5 Å². The van der Waals surface area contributed by atoms with Crippen molar-refractivity contribution in [1.82, 2.24) is 10.2 Å². The average Bonchev–Trinajstić information content (AvgIpc) is 2.79. The van der Waals surface area contributed by atoms with Crippen molar-refractivity contribution >= 4 is 23.9 Å². The monoisotopic (exact) mass is 300 g/mol. The van der Waals surface area contributed by atoms with E-state index in [1.807, 2.05) is 0 Å². The molecule has 0 aliphatic carbocycles. The molecule has 0 aromatic carbocycles. The van der Waals surface area contributed by atoms with E-state index in [0.29, 0.717) is 0 Å². The van der Waals surface area contributed by atoms with Gasteiger partial charge >= 0.3 is 23.9 Å². The van der Waals surface area contributed by atoms with Gasteiger partial charge in [0.25, 0.3) is 0 Å². The standard InChI is InChI=1S/C11H12N2O8/c14-8(15)6(9(16)17)2-4-1-5(13-12-4)3-7(10(18)19)11(20)21/h1,6-7H,2-3H2,(H,12,13)(H,14,15)(H,16,17)(H,18,19)(H,20,21). The second-order valence-corrected chi connectivity index (χ2v) is 4.25. The third kappa shape index (κ3) is 4.30. The van der Waals surface area contributed by atoms with Crippen LogP contribution in [-0.2, 0) is 32.0 Å². The first-order chi connectivity index (χ1) is 9.72. The van der Waals surface area contributed by atoms with E-state index in [2.05, 4.69) is 10.2 Å². The van der Waals surface area contributed by atoms with Gasteiger partial charge in [0.05, 0.1) is 5.69 Å². The van der Waals surface area contributed by atoms with Gasteiger partial charge in [-0.3, -0.25) is 24.3 Å². The quantitative estimate of drug-likeness (QED) is 0.379. The summed E-state index contributed by atoms with van der Waals surface area (Å²) in [5.41, 5.74) is 0.253. The van der Waals surface area contributed by atoms with E-state index < -0.39 is 42.1 Å². The van der Waals surface area contributed by atoms with Crippen LogP contribution >= 0.6 is 0 Å². The Morgan fingerprint density at radius 2 is 1.33 bits per heavy atom. The number of nitrogens with one attached hydrogen (secondary N) is 1. The van der Waals surface area contributed by atoms with Crippen LogP contribution in [0.5, 0.6) is 0 Å². The number of hydrogen-bond acceptors (Lipinski definition) is 5. The number of aromatic amines is 1. The number of carboxylic acid groups (broad SMARTS) is 4. The highest BCUT2D eigenvalue weighted by molar-refractivity contribution is 5.93. The van der Waals surface area contributed by atoms with Gasteiger partial charge in [-0.25, -0.2) is 0 Å². The molecular formula is C11H12N2O8. The average molecular weight is 300 g/mol. The third-order valence-electron chi connectivity index (χ3n) is 2.71. The minimum atomic E-state index is -1.68. The molecule has 0 aliphatic rings. The van der Waals surface area contributed by atoms with Gasteiger partial charge in [-0.05, 0) is 6.07 Å². The van der Waals surface area contributed by atoms with E-state index in [4.69, 9.17) is 20.4 Å².